The van der Waals surface area contributed by atoms with Gasteiger partial charge < -0.3 is 10.6 Å². The molecular formula is C19H16ClN3O. The van der Waals surface area contributed by atoms with Crippen molar-refractivity contribution < 1.29 is 4.79 Å². The Morgan fingerprint density at radius 3 is 2.54 bits per heavy atom. The Morgan fingerprint density at radius 1 is 1.04 bits per heavy atom. The molecular weight excluding hydrogens is 322 g/mol. The van der Waals surface area contributed by atoms with Crippen molar-refractivity contribution in [2.45, 2.75) is 6.92 Å². The molecule has 5 heteroatoms. The van der Waals surface area contributed by atoms with Gasteiger partial charge in [0.1, 0.15) is 5.82 Å². The Bertz CT molecular complexity index is 848. The largest absolute Gasteiger partial charge is 0.354 e. The fourth-order valence-corrected chi connectivity index (χ4v) is 2.38. The Labute approximate surface area is 145 Å². The van der Waals surface area contributed by atoms with E-state index in [1.807, 2.05) is 49.4 Å². The van der Waals surface area contributed by atoms with E-state index in [1.165, 1.54) is 0 Å². The number of nitrogens with zero attached hydrogens (tertiary/aromatic N) is 1. The summed E-state index contributed by atoms with van der Waals surface area (Å²) >= 11 is 6.02. The molecule has 0 spiro atoms. The summed E-state index contributed by atoms with van der Waals surface area (Å²) < 4.78 is 0. The Hall–Kier alpha value is -2.85. The van der Waals surface area contributed by atoms with E-state index in [4.69, 9.17) is 11.6 Å². The molecule has 4 nitrogen and oxygen atoms in total. The molecule has 1 aromatic heterocycles. The van der Waals surface area contributed by atoms with Crippen molar-refractivity contribution in [1.82, 2.24) is 4.98 Å². The van der Waals surface area contributed by atoms with Gasteiger partial charge in [-0.25, -0.2) is 4.98 Å². The molecule has 0 aliphatic carbocycles. The Balaban J connectivity index is 1.69. The molecule has 0 saturated heterocycles. The molecule has 2 N–H and O–H groups in total. The highest BCUT2D eigenvalue weighted by atomic mass is 35.5. The van der Waals surface area contributed by atoms with Gasteiger partial charge in [0, 0.05) is 16.3 Å². The highest BCUT2D eigenvalue weighted by Gasteiger charge is 2.06. The molecule has 0 aliphatic heterocycles. The van der Waals surface area contributed by atoms with Crippen LogP contribution in [0, 0.1) is 6.92 Å². The zero-order chi connectivity index (χ0) is 16.9. The molecule has 1 amide bonds. The molecule has 0 fully saturated rings. The smallest absolute Gasteiger partial charge is 0.256 e. The second-order valence-electron chi connectivity index (χ2n) is 5.34. The van der Waals surface area contributed by atoms with Crippen LogP contribution in [0.2, 0.25) is 5.02 Å². The normalized spacial score (nSPS) is 10.2. The number of hydrogen-bond acceptors (Lipinski definition) is 3. The first-order valence-electron chi connectivity index (χ1n) is 7.47. The van der Waals surface area contributed by atoms with E-state index >= 15 is 0 Å². The minimum absolute atomic E-state index is 0.186. The summed E-state index contributed by atoms with van der Waals surface area (Å²) in [6, 6.07) is 18.3. The predicted molar refractivity (Wildman–Crippen MR) is 98.1 cm³/mol. The van der Waals surface area contributed by atoms with Gasteiger partial charge in [0.15, 0.2) is 0 Å². The summed E-state index contributed by atoms with van der Waals surface area (Å²) in [4.78, 5) is 16.4. The molecule has 3 aromatic rings. The van der Waals surface area contributed by atoms with E-state index in [2.05, 4.69) is 15.6 Å². The van der Waals surface area contributed by atoms with Gasteiger partial charge in [-0.2, -0.15) is 0 Å². The molecule has 0 saturated carbocycles. The van der Waals surface area contributed by atoms with Crippen LogP contribution < -0.4 is 10.6 Å². The molecule has 0 atom stereocenters. The Morgan fingerprint density at radius 2 is 1.83 bits per heavy atom. The van der Waals surface area contributed by atoms with Crippen LogP contribution in [0.15, 0.2) is 66.9 Å². The maximum absolute atomic E-state index is 12.1. The van der Waals surface area contributed by atoms with Crippen LogP contribution in [-0.2, 0) is 0 Å². The van der Waals surface area contributed by atoms with Crippen LogP contribution in [-0.4, -0.2) is 10.9 Å². The van der Waals surface area contributed by atoms with Gasteiger partial charge in [0.05, 0.1) is 11.9 Å². The second kappa shape index (κ2) is 7.15. The van der Waals surface area contributed by atoms with Crippen molar-refractivity contribution in [1.29, 1.82) is 0 Å². The average Bonchev–Trinajstić information content (AvgIpc) is 2.60. The quantitative estimate of drug-likeness (QED) is 0.701. The van der Waals surface area contributed by atoms with Crippen molar-refractivity contribution in [3.8, 4) is 0 Å². The maximum atomic E-state index is 12.1. The number of hydrogen-bond donors (Lipinski definition) is 2. The van der Waals surface area contributed by atoms with Crippen LogP contribution >= 0.6 is 11.6 Å². The fourth-order valence-electron chi connectivity index (χ4n) is 2.20. The predicted octanol–water partition coefficient (Wildman–Crippen LogP) is 5.04. The lowest BCUT2D eigenvalue weighted by Gasteiger charge is -2.10. The van der Waals surface area contributed by atoms with E-state index in [9.17, 15) is 4.79 Å². The van der Waals surface area contributed by atoms with Crippen LogP contribution in [0.25, 0.3) is 0 Å². The summed E-state index contributed by atoms with van der Waals surface area (Å²) in [5.41, 5.74) is 3.42. The molecule has 0 aliphatic rings. The summed E-state index contributed by atoms with van der Waals surface area (Å²) in [5, 5.41) is 6.71. The van der Waals surface area contributed by atoms with E-state index in [-0.39, 0.29) is 5.91 Å². The first-order valence-corrected chi connectivity index (χ1v) is 7.85. The minimum Gasteiger partial charge on any atom is -0.354 e. The molecule has 0 unspecified atom stereocenters. The lowest BCUT2D eigenvalue weighted by atomic mass is 10.2. The third-order valence-electron chi connectivity index (χ3n) is 3.52. The second-order valence-corrected chi connectivity index (χ2v) is 5.77. The van der Waals surface area contributed by atoms with Gasteiger partial charge in [-0.15, -0.1) is 0 Å². The zero-order valence-corrected chi connectivity index (χ0v) is 13.8. The number of rotatable bonds is 4. The monoisotopic (exact) mass is 337 g/mol. The standard InChI is InChI=1S/C19H16ClN3O/c1-13-7-8-15(20)11-17(13)22-16-9-10-18(21-12-16)23-19(24)14-5-3-2-4-6-14/h2-12,22H,1H3,(H,21,23,24). The van der Waals surface area contributed by atoms with E-state index < -0.39 is 0 Å². The highest BCUT2D eigenvalue weighted by Crippen LogP contribution is 2.24. The van der Waals surface area contributed by atoms with E-state index in [1.54, 1.807) is 24.4 Å². The third kappa shape index (κ3) is 3.91. The highest BCUT2D eigenvalue weighted by molar-refractivity contribution is 6.30. The van der Waals surface area contributed by atoms with Crippen LogP contribution in [0.1, 0.15) is 15.9 Å². The van der Waals surface area contributed by atoms with Gasteiger partial charge >= 0.3 is 0 Å². The number of nitrogens with one attached hydrogen (secondary N) is 2. The number of aromatic nitrogens is 1. The van der Waals surface area contributed by atoms with Gasteiger partial charge in [-0.05, 0) is 48.9 Å². The molecule has 2 aromatic carbocycles. The number of benzene rings is 2. The first-order chi connectivity index (χ1) is 11.6. The number of anilines is 3. The summed E-state index contributed by atoms with van der Waals surface area (Å²) in [7, 11) is 0. The molecule has 0 radical (unpaired) electrons. The number of aryl methyl sites for hydroxylation is 1. The fraction of sp³-hybridized carbons (Fsp3) is 0.0526. The van der Waals surface area contributed by atoms with Gasteiger partial charge in [-0.1, -0.05) is 35.9 Å². The number of carbonyl (C=O) groups excluding carboxylic acids is 1. The van der Waals surface area contributed by atoms with Crippen molar-refractivity contribution in [3.63, 3.8) is 0 Å². The third-order valence-corrected chi connectivity index (χ3v) is 3.75. The summed E-state index contributed by atoms with van der Waals surface area (Å²) in [5.74, 6) is 0.312. The van der Waals surface area contributed by atoms with Crippen molar-refractivity contribution >= 4 is 34.7 Å². The molecule has 24 heavy (non-hydrogen) atoms. The summed E-state index contributed by atoms with van der Waals surface area (Å²) in [6.07, 6.45) is 1.67. The van der Waals surface area contributed by atoms with Gasteiger partial charge in [-0.3, -0.25) is 4.79 Å². The molecule has 120 valence electrons. The van der Waals surface area contributed by atoms with Gasteiger partial charge in [0.25, 0.3) is 5.91 Å². The van der Waals surface area contributed by atoms with Crippen LogP contribution in [0.5, 0.6) is 0 Å². The van der Waals surface area contributed by atoms with Crippen molar-refractivity contribution in [2.24, 2.45) is 0 Å². The van der Waals surface area contributed by atoms with Gasteiger partial charge in [0.2, 0.25) is 0 Å². The average molecular weight is 338 g/mol. The summed E-state index contributed by atoms with van der Waals surface area (Å²) in [6.45, 7) is 2.00. The topological polar surface area (TPSA) is 54.0 Å². The number of halogens is 1. The molecule has 3 rings (SSSR count). The van der Waals surface area contributed by atoms with Crippen molar-refractivity contribution in [3.05, 3.63) is 83.0 Å². The van der Waals surface area contributed by atoms with E-state index in [0.29, 0.717) is 16.4 Å². The zero-order valence-electron chi connectivity index (χ0n) is 13.1. The Kier molecular flexibility index (Phi) is 4.77. The number of pyridine rings is 1. The van der Waals surface area contributed by atoms with Crippen LogP contribution in [0.3, 0.4) is 0 Å². The maximum Gasteiger partial charge on any atom is 0.256 e. The number of amides is 1. The van der Waals surface area contributed by atoms with Crippen LogP contribution in [0.4, 0.5) is 17.2 Å². The number of carbonyl (C=O) groups is 1. The lowest BCUT2D eigenvalue weighted by molar-refractivity contribution is 0.102. The lowest BCUT2D eigenvalue weighted by Crippen LogP contribution is -2.12. The SMILES string of the molecule is Cc1ccc(Cl)cc1Nc1ccc(NC(=O)c2ccccc2)nc1. The molecule has 0 bridgehead atoms. The first kappa shape index (κ1) is 16.0. The minimum atomic E-state index is -0.186. The van der Waals surface area contributed by atoms with E-state index in [0.717, 1.165) is 16.9 Å². The molecule has 1 heterocycles. The van der Waals surface area contributed by atoms with Crippen molar-refractivity contribution in [2.75, 3.05) is 10.6 Å².